The van der Waals surface area contributed by atoms with E-state index in [2.05, 4.69) is 44.4 Å². The zero-order chi connectivity index (χ0) is 18.9. The highest BCUT2D eigenvalue weighted by Gasteiger charge is 2.40. The zero-order valence-electron chi connectivity index (χ0n) is 16.0. The molecule has 138 valence electrons. The van der Waals surface area contributed by atoms with Crippen LogP contribution < -0.4 is 0 Å². The Morgan fingerprint density at radius 2 is 1.50 bits per heavy atom. The number of piperidine rings is 1. The van der Waals surface area contributed by atoms with Gasteiger partial charge in [0, 0.05) is 11.1 Å². The van der Waals surface area contributed by atoms with Gasteiger partial charge in [0.05, 0.1) is 17.7 Å². The van der Waals surface area contributed by atoms with E-state index in [4.69, 9.17) is 4.84 Å². The summed E-state index contributed by atoms with van der Waals surface area (Å²) in [4.78, 5) is 32.2. The molecule has 0 bridgehead atoms. The van der Waals surface area contributed by atoms with Gasteiger partial charge in [0.25, 0.3) is 11.8 Å². The third-order valence-corrected chi connectivity index (χ3v) is 5.42. The highest BCUT2D eigenvalue weighted by atomic mass is 16.7. The van der Waals surface area contributed by atoms with Crippen molar-refractivity contribution in [1.82, 2.24) is 9.96 Å². The number of imide groups is 1. The molecule has 1 fully saturated rings. The van der Waals surface area contributed by atoms with Gasteiger partial charge in [0.2, 0.25) is 0 Å². The van der Waals surface area contributed by atoms with E-state index in [1.165, 1.54) is 6.42 Å². The minimum atomic E-state index is -0.425. The lowest BCUT2D eigenvalue weighted by atomic mass is 9.80. The standard InChI is InChI=1S/C21H26N2O3/c1-20(2)12-9-13-21(3,4)22(20)14-7-8-15-26-23-18(24)16-10-5-6-11-17(16)19(23)25/h5-6,10-11H,9,12-15H2,1-4H3. The summed E-state index contributed by atoms with van der Waals surface area (Å²) in [7, 11) is 0. The van der Waals surface area contributed by atoms with Crippen molar-refractivity contribution in [2.24, 2.45) is 0 Å². The van der Waals surface area contributed by atoms with Crippen LogP contribution in [0.15, 0.2) is 24.3 Å². The summed E-state index contributed by atoms with van der Waals surface area (Å²) < 4.78 is 0. The molecule has 2 aliphatic heterocycles. The Hall–Kier alpha value is -2.16. The number of nitrogens with zero attached hydrogens (tertiary/aromatic N) is 2. The predicted octanol–water partition coefficient (Wildman–Crippen LogP) is 3.26. The van der Waals surface area contributed by atoms with E-state index in [9.17, 15) is 9.59 Å². The van der Waals surface area contributed by atoms with Crippen molar-refractivity contribution in [3.63, 3.8) is 0 Å². The van der Waals surface area contributed by atoms with Gasteiger partial charge in [-0.15, -0.1) is 5.06 Å². The maximum Gasteiger partial charge on any atom is 0.285 e. The fourth-order valence-electron chi connectivity index (χ4n) is 4.04. The summed E-state index contributed by atoms with van der Waals surface area (Å²) in [5.41, 5.74) is 0.976. The van der Waals surface area contributed by atoms with Crippen LogP contribution in [0.2, 0.25) is 0 Å². The molecule has 2 heterocycles. The van der Waals surface area contributed by atoms with Gasteiger partial charge in [0.15, 0.2) is 0 Å². The highest BCUT2D eigenvalue weighted by Crippen LogP contribution is 2.37. The zero-order valence-corrected chi connectivity index (χ0v) is 16.0. The van der Waals surface area contributed by atoms with Gasteiger partial charge in [-0.05, 0) is 59.1 Å². The largest absolute Gasteiger partial charge is 0.285 e. The molecular weight excluding hydrogens is 328 g/mol. The average molecular weight is 354 g/mol. The lowest BCUT2D eigenvalue weighted by Crippen LogP contribution is -2.58. The molecule has 2 amide bonds. The van der Waals surface area contributed by atoms with Gasteiger partial charge in [-0.1, -0.05) is 24.0 Å². The summed E-state index contributed by atoms with van der Waals surface area (Å²) in [6, 6.07) is 6.72. The molecule has 0 radical (unpaired) electrons. The lowest BCUT2D eigenvalue weighted by molar-refractivity contribution is -0.0782. The van der Waals surface area contributed by atoms with Crippen molar-refractivity contribution in [3.8, 4) is 11.8 Å². The molecule has 0 aliphatic carbocycles. The van der Waals surface area contributed by atoms with E-state index >= 15 is 0 Å². The molecule has 1 aromatic carbocycles. The number of carbonyl (C=O) groups is 2. The van der Waals surface area contributed by atoms with Crippen LogP contribution >= 0.6 is 0 Å². The van der Waals surface area contributed by atoms with Crippen LogP contribution in [0.3, 0.4) is 0 Å². The monoisotopic (exact) mass is 354 g/mol. The van der Waals surface area contributed by atoms with E-state index < -0.39 is 11.8 Å². The Bertz CT molecular complexity index is 735. The lowest BCUT2D eigenvalue weighted by Gasteiger charge is -2.52. The molecule has 0 spiro atoms. The maximum atomic E-state index is 12.2. The fourth-order valence-corrected chi connectivity index (χ4v) is 4.04. The van der Waals surface area contributed by atoms with E-state index in [1.54, 1.807) is 24.3 Å². The molecule has 0 saturated carbocycles. The second kappa shape index (κ2) is 6.86. The van der Waals surface area contributed by atoms with Crippen molar-refractivity contribution in [3.05, 3.63) is 35.4 Å². The van der Waals surface area contributed by atoms with E-state index in [-0.39, 0.29) is 17.7 Å². The van der Waals surface area contributed by atoms with Crippen molar-refractivity contribution in [2.75, 3.05) is 13.2 Å². The summed E-state index contributed by atoms with van der Waals surface area (Å²) in [6.07, 6.45) is 3.54. The quantitative estimate of drug-likeness (QED) is 0.617. The normalized spacial score (nSPS) is 21.3. The van der Waals surface area contributed by atoms with E-state index in [1.807, 2.05) is 0 Å². The van der Waals surface area contributed by atoms with Gasteiger partial charge in [-0.25, -0.2) is 4.84 Å². The number of hydrogen-bond donors (Lipinski definition) is 0. The first-order valence-electron chi connectivity index (χ1n) is 9.08. The summed E-state index contributed by atoms with van der Waals surface area (Å²) >= 11 is 0. The molecule has 0 atom stereocenters. The Morgan fingerprint density at radius 1 is 0.962 bits per heavy atom. The smallest absolute Gasteiger partial charge is 0.282 e. The minimum absolute atomic E-state index is 0.0141. The molecule has 0 N–H and O–H groups in total. The average Bonchev–Trinajstić information content (AvgIpc) is 2.81. The Kier molecular flexibility index (Phi) is 4.92. The van der Waals surface area contributed by atoms with Crippen LogP contribution in [0, 0.1) is 11.8 Å². The number of benzene rings is 1. The van der Waals surface area contributed by atoms with Crippen molar-refractivity contribution >= 4 is 11.8 Å². The van der Waals surface area contributed by atoms with Gasteiger partial charge in [-0.3, -0.25) is 14.5 Å². The van der Waals surface area contributed by atoms with Crippen LogP contribution in [-0.2, 0) is 4.84 Å². The molecule has 2 aliphatic rings. The number of amides is 2. The number of carbonyl (C=O) groups excluding carboxylic acids is 2. The molecule has 1 saturated heterocycles. The summed E-state index contributed by atoms with van der Waals surface area (Å²) in [5.74, 6) is 5.24. The van der Waals surface area contributed by atoms with E-state index in [0.29, 0.717) is 17.7 Å². The van der Waals surface area contributed by atoms with Gasteiger partial charge in [0.1, 0.15) is 6.61 Å². The molecule has 5 heteroatoms. The van der Waals surface area contributed by atoms with Crippen molar-refractivity contribution in [2.45, 2.75) is 58.0 Å². The number of hydrogen-bond acceptors (Lipinski definition) is 4. The Balaban J connectivity index is 1.58. The SMILES string of the molecule is CC1(C)CCCC(C)(C)N1CC#CCON1C(=O)c2ccccc2C1=O. The van der Waals surface area contributed by atoms with E-state index in [0.717, 1.165) is 17.9 Å². The first kappa shape index (κ1) is 18.6. The molecule has 5 nitrogen and oxygen atoms in total. The first-order valence-corrected chi connectivity index (χ1v) is 9.08. The summed E-state index contributed by atoms with van der Waals surface area (Å²) in [5, 5.41) is 0.814. The third kappa shape index (κ3) is 3.40. The van der Waals surface area contributed by atoms with Crippen LogP contribution in [-0.4, -0.2) is 46.0 Å². The van der Waals surface area contributed by atoms with Gasteiger partial charge >= 0.3 is 0 Å². The molecule has 0 unspecified atom stereocenters. The molecule has 0 aromatic heterocycles. The van der Waals surface area contributed by atoms with Crippen LogP contribution in [0.1, 0.15) is 67.7 Å². The van der Waals surface area contributed by atoms with Gasteiger partial charge in [-0.2, -0.15) is 0 Å². The highest BCUT2D eigenvalue weighted by molar-refractivity contribution is 6.20. The van der Waals surface area contributed by atoms with Crippen LogP contribution in [0.4, 0.5) is 0 Å². The molecular formula is C21H26N2O3. The second-order valence-corrected chi connectivity index (χ2v) is 8.14. The van der Waals surface area contributed by atoms with Crippen molar-refractivity contribution < 1.29 is 14.4 Å². The fraction of sp³-hybridized carbons (Fsp3) is 0.524. The second-order valence-electron chi connectivity index (χ2n) is 8.14. The van der Waals surface area contributed by atoms with Crippen molar-refractivity contribution in [1.29, 1.82) is 0 Å². The predicted molar refractivity (Wildman–Crippen MR) is 99.4 cm³/mol. The molecule has 26 heavy (non-hydrogen) atoms. The Morgan fingerprint density at radius 3 is 2.04 bits per heavy atom. The summed E-state index contributed by atoms with van der Waals surface area (Å²) in [6.45, 7) is 9.68. The molecule has 1 aromatic rings. The van der Waals surface area contributed by atoms with Gasteiger partial charge < -0.3 is 0 Å². The number of rotatable bonds is 3. The minimum Gasteiger partial charge on any atom is -0.282 e. The molecule has 3 rings (SSSR count). The number of hydroxylamine groups is 2. The Labute approximate surface area is 155 Å². The maximum absolute atomic E-state index is 12.2. The van der Waals surface area contributed by atoms with Crippen LogP contribution in [0.5, 0.6) is 0 Å². The topological polar surface area (TPSA) is 49.9 Å². The number of fused-ring (bicyclic) bond motifs is 1. The first-order chi connectivity index (χ1) is 12.2. The van der Waals surface area contributed by atoms with Crippen LogP contribution in [0.25, 0.3) is 0 Å². The number of likely N-dealkylation sites (tertiary alicyclic amines) is 1. The third-order valence-electron chi connectivity index (χ3n) is 5.42.